The summed E-state index contributed by atoms with van der Waals surface area (Å²) in [6.07, 6.45) is 2.16. The van der Waals surface area contributed by atoms with Crippen molar-refractivity contribution in [3.8, 4) is 0 Å². The number of amides is 1. The van der Waals surface area contributed by atoms with Crippen molar-refractivity contribution in [3.05, 3.63) is 71.3 Å². The topological polar surface area (TPSA) is 43.8 Å². The standard InChI is InChI=1S/C23H28N2O2/c26-22(14-18-6-2-1-3-7-18)19-10-12-25(13-11-19)23(27)17-24-15-20-8-4-5-9-21(20)16-24/h1-9,19,22,26H,10-17H2/t22-/m1/s1. The fourth-order valence-corrected chi connectivity index (χ4v) is 4.36. The van der Waals surface area contributed by atoms with E-state index in [0.29, 0.717) is 13.0 Å². The zero-order valence-corrected chi connectivity index (χ0v) is 15.8. The summed E-state index contributed by atoms with van der Waals surface area (Å²) in [7, 11) is 0. The quantitative estimate of drug-likeness (QED) is 0.887. The maximum atomic E-state index is 12.7. The maximum Gasteiger partial charge on any atom is 0.236 e. The van der Waals surface area contributed by atoms with Gasteiger partial charge >= 0.3 is 0 Å². The molecule has 1 saturated heterocycles. The SMILES string of the molecule is O=C(CN1Cc2ccccc2C1)N1CCC([C@H](O)Cc2ccccc2)CC1. The number of aliphatic hydroxyl groups excluding tert-OH is 1. The van der Waals surface area contributed by atoms with E-state index in [1.54, 1.807) is 0 Å². The van der Waals surface area contributed by atoms with Crippen LogP contribution in [0.2, 0.25) is 0 Å². The third kappa shape index (κ3) is 4.40. The normalized spacial score (nSPS) is 19.1. The lowest BCUT2D eigenvalue weighted by atomic mass is 9.88. The van der Waals surface area contributed by atoms with Crippen LogP contribution in [0.25, 0.3) is 0 Å². The number of likely N-dealkylation sites (tertiary alicyclic amines) is 1. The number of hydrogen-bond donors (Lipinski definition) is 1. The Labute approximate surface area is 161 Å². The van der Waals surface area contributed by atoms with Gasteiger partial charge in [-0.2, -0.15) is 0 Å². The van der Waals surface area contributed by atoms with Crippen LogP contribution in [-0.4, -0.2) is 46.6 Å². The highest BCUT2D eigenvalue weighted by atomic mass is 16.3. The summed E-state index contributed by atoms with van der Waals surface area (Å²) in [4.78, 5) is 16.9. The lowest BCUT2D eigenvalue weighted by molar-refractivity contribution is -0.134. The van der Waals surface area contributed by atoms with Crippen LogP contribution in [-0.2, 0) is 24.3 Å². The molecule has 2 aromatic carbocycles. The van der Waals surface area contributed by atoms with Gasteiger partial charge in [-0.3, -0.25) is 9.69 Å². The maximum absolute atomic E-state index is 12.7. The fraction of sp³-hybridized carbons (Fsp3) is 0.435. The molecule has 0 bridgehead atoms. The molecule has 0 saturated carbocycles. The molecule has 0 spiro atoms. The molecule has 2 aliphatic heterocycles. The molecular weight excluding hydrogens is 336 g/mol. The number of carbonyl (C=O) groups excluding carboxylic acids is 1. The van der Waals surface area contributed by atoms with Gasteiger partial charge in [0.2, 0.25) is 5.91 Å². The van der Waals surface area contributed by atoms with Gasteiger partial charge in [0.15, 0.2) is 0 Å². The third-order valence-electron chi connectivity index (χ3n) is 5.99. The summed E-state index contributed by atoms with van der Waals surface area (Å²) in [5, 5.41) is 10.6. The predicted molar refractivity (Wildman–Crippen MR) is 106 cm³/mol. The predicted octanol–water partition coefficient (Wildman–Crippen LogP) is 2.84. The number of benzene rings is 2. The van der Waals surface area contributed by atoms with Gasteiger partial charge in [-0.1, -0.05) is 54.6 Å². The number of rotatable bonds is 5. The summed E-state index contributed by atoms with van der Waals surface area (Å²) in [5.41, 5.74) is 3.86. The largest absolute Gasteiger partial charge is 0.392 e. The number of nitrogens with zero attached hydrogens (tertiary/aromatic N) is 2. The van der Waals surface area contributed by atoms with Crippen molar-refractivity contribution in [2.75, 3.05) is 19.6 Å². The minimum absolute atomic E-state index is 0.221. The van der Waals surface area contributed by atoms with Crippen LogP contribution in [0.15, 0.2) is 54.6 Å². The summed E-state index contributed by atoms with van der Waals surface area (Å²) in [6, 6.07) is 18.6. The molecule has 1 amide bonds. The number of hydrogen-bond acceptors (Lipinski definition) is 3. The number of aliphatic hydroxyl groups is 1. The highest BCUT2D eigenvalue weighted by molar-refractivity contribution is 5.78. The molecule has 1 fully saturated rings. The second-order valence-electron chi connectivity index (χ2n) is 7.89. The van der Waals surface area contributed by atoms with Crippen molar-refractivity contribution in [1.82, 2.24) is 9.80 Å². The lowest BCUT2D eigenvalue weighted by Gasteiger charge is -2.35. The molecule has 142 valence electrons. The summed E-state index contributed by atoms with van der Waals surface area (Å²) in [6.45, 7) is 3.75. The van der Waals surface area contributed by atoms with Crippen molar-refractivity contribution >= 4 is 5.91 Å². The highest BCUT2D eigenvalue weighted by Gasteiger charge is 2.29. The Bertz CT molecular complexity index is 744. The molecular formula is C23H28N2O2. The average Bonchev–Trinajstić information content (AvgIpc) is 3.11. The molecule has 0 unspecified atom stereocenters. The van der Waals surface area contributed by atoms with Crippen LogP contribution in [0.3, 0.4) is 0 Å². The molecule has 2 heterocycles. The average molecular weight is 364 g/mol. The molecule has 1 N–H and O–H groups in total. The van der Waals surface area contributed by atoms with Crippen molar-refractivity contribution < 1.29 is 9.90 Å². The zero-order valence-electron chi connectivity index (χ0n) is 15.8. The van der Waals surface area contributed by atoms with E-state index in [0.717, 1.165) is 39.0 Å². The van der Waals surface area contributed by atoms with Gasteiger partial charge in [-0.15, -0.1) is 0 Å². The van der Waals surface area contributed by atoms with Crippen LogP contribution < -0.4 is 0 Å². The monoisotopic (exact) mass is 364 g/mol. The van der Waals surface area contributed by atoms with E-state index in [-0.39, 0.29) is 17.9 Å². The van der Waals surface area contributed by atoms with Gasteiger partial charge in [0, 0.05) is 26.2 Å². The van der Waals surface area contributed by atoms with Crippen LogP contribution in [0.1, 0.15) is 29.5 Å². The number of fused-ring (bicyclic) bond motifs is 1. The second-order valence-corrected chi connectivity index (χ2v) is 7.89. The van der Waals surface area contributed by atoms with E-state index >= 15 is 0 Å². The Morgan fingerprint density at radius 2 is 1.56 bits per heavy atom. The second kappa shape index (κ2) is 8.24. The smallest absolute Gasteiger partial charge is 0.236 e. The van der Waals surface area contributed by atoms with E-state index < -0.39 is 0 Å². The molecule has 0 radical (unpaired) electrons. The molecule has 0 aromatic heterocycles. The molecule has 2 aliphatic rings. The van der Waals surface area contributed by atoms with Gasteiger partial charge < -0.3 is 10.0 Å². The summed E-state index contributed by atoms with van der Waals surface area (Å²) in [5.74, 6) is 0.504. The van der Waals surface area contributed by atoms with Crippen molar-refractivity contribution in [1.29, 1.82) is 0 Å². The van der Waals surface area contributed by atoms with E-state index in [2.05, 4.69) is 41.3 Å². The van der Waals surface area contributed by atoms with Crippen molar-refractivity contribution in [3.63, 3.8) is 0 Å². The molecule has 2 aromatic rings. The molecule has 0 aliphatic carbocycles. The van der Waals surface area contributed by atoms with Gasteiger partial charge in [0.05, 0.1) is 12.6 Å². The van der Waals surface area contributed by atoms with E-state index in [1.807, 2.05) is 23.1 Å². The third-order valence-corrected chi connectivity index (χ3v) is 5.99. The van der Waals surface area contributed by atoms with E-state index in [1.165, 1.54) is 16.7 Å². The molecule has 4 heteroatoms. The molecule has 27 heavy (non-hydrogen) atoms. The lowest BCUT2D eigenvalue weighted by Crippen LogP contribution is -2.45. The van der Waals surface area contributed by atoms with E-state index in [9.17, 15) is 9.90 Å². The first-order valence-electron chi connectivity index (χ1n) is 9.98. The first kappa shape index (κ1) is 18.2. The fourth-order valence-electron chi connectivity index (χ4n) is 4.36. The van der Waals surface area contributed by atoms with Crippen LogP contribution in [0.4, 0.5) is 0 Å². The van der Waals surface area contributed by atoms with E-state index in [4.69, 9.17) is 0 Å². The van der Waals surface area contributed by atoms with Crippen molar-refractivity contribution in [2.24, 2.45) is 5.92 Å². The Morgan fingerprint density at radius 3 is 2.19 bits per heavy atom. The first-order chi connectivity index (χ1) is 13.2. The Morgan fingerprint density at radius 1 is 0.963 bits per heavy atom. The minimum atomic E-state index is -0.322. The number of piperidine rings is 1. The first-order valence-corrected chi connectivity index (χ1v) is 9.98. The van der Waals surface area contributed by atoms with Crippen molar-refractivity contribution in [2.45, 2.75) is 38.5 Å². The van der Waals surface area contributed by atoms with Gasteiger partial charge in [-0.25, -0.2) is 0 Å². The Kier molecular flexibility index (Phi) is 5.55. The van der Waals surface area contributed by atoms with Gasteiger partial charge in [0.25, 0.3) is 0 Å². The summed E-state index contributed by atoms with van der Waals surface area (Å²) >= 11 is 0. The van der Waals surface area contributed by atoms with Gasteiger partial charge in [-0.05, 0) is 41.9 Å². The molecule has 1 atom stereocenters. The number of carbonyl (C=O) groups is 1. The summed E-state index contributed by atoms with van der Waals surface area (Å²) < 4.78 is 0. The van der Waals surface area contributed by atoms with Crippen LogP contribution >= 0.6 is 0 Å². The molecule has 4 nitrogen and oxygen atoms in total. The van der Waals surface area contributed by atoms with Crippen LogP contribution in [0, 0.1) is 5.92 Å². The zero-order chi connectivity index (χ0) is 18.6. The van der Waals surface area contributed by atoms with Crippen LogP contribution in [0.5, 0.6) is 0 Å². The minimum Gasteiger partial charge on any atom is -0.392 e. The Hall–Kier alpha value is -2.17. The van der Waals surface area contributed by atoms with Gasteiger partial charge in [0.1, 0.15) is 0 Å². The Balaban J connectivity index is 1.24. The molecule has 4 rings (SSSR count). The highest BCUT2D eigenvalue weighted by Crippen LogP contribution is 2.25.